The number of carbonyl (C=O) groups is 1. The van der Waals surface area contributed by atoms with E-state index in [2.05, 4.69) is 0 Å². The lowest BCUT2D eigenvalue weighted by Crippen LogP contribution is -2.17. The van der Waals surface area contributed by atoms with E-state index < -0.39 is 20.9 Å². The number of furan rings is 1. The van der Waals surface area contributed by atoms with Gasteiger partial charge < -0.3 is 14.4 Å². The summed E-state index contributed by atoms with van der Waals surface area (Å²) in [6.45, 7) is 0. The summed E-state index contributed by atoms with van der Waals surface area (Å²) in [5.74, 6) is -0.943. The summed E-state index contributed by atoms with van der Waals surface area (Å²) in [7, 11) is -2.56. The van der Waals surface area contributed by atoms with E-state index >= 15 is 0 Å². The topological polar surface area (TPSA) is 114 Å². The summed E-state index contributed by atoms with van der Waals surface area (Å²) < 4.78 is 28.0. The molecule has 0 unspecified atom stereocenters. The first kappa shape index (κ1) is 15.4. The predicted molar refractivity (Wildman–Crippen MR) is 76.6 cm³/mol. The highest BCUT2D eigenvalue weighted by atomic mass is 35.5. The van der Waals surface area contributed by atoms with Gasteiger partial charge in [-0.1, -0.05) is 11.6 Å². The van der Waals surface area contributed by atoms with E-state index in [0.29, 0.717) is 5.88 Å². The maximum atomic E-state index is 11.4. The molecule has 0 atom stereocenters. The number of nitrogens with zero attached hydrogens (tertiary/aromatic N) is 1. The molecule has 0 saturated carbocycles. The van der Waals surface area contributed by atoms with E-state index in [1.807, 2.05) is 0 Å². The first-order valence-electron chi connectivity index (χ1n) is 5.58. The normalized spacial score (nSPS) is 11.4. The Morgan fingerprint density at radius 1 is 1.43 bits per heavy atom. The lowest BCUT2D eigenvalue weighted by Gasteiger charge is -2.19. The maximum Gasteiger partial charge on any atom is 0.337 e. The fourth-order valence-electron chi connectivity index (χ4n) is 1.79. The Hall–Kier alpha value is -2.03. The van der Waals surface area contributed by atoms with Crippen LogP contribution in [0.2, 0.25) is 5.02 Å². The molecule has 0 saturated heterocycles. The van der Waals surface area contributed by atoms with Crippen LogP contribution in [0.25, 0.3) is 0 Å². The molecule has 7 nitrogen and oxygen atoms in total. The van der Waals surface area contributed by atoms with Gasteiger partial charge in [-0.2, -0.15) is 0 Å². The van der Waals surface area contributed by atoms with E-state index in [-0.39, 0.29) is 16.3 Å². The van der Waals surface area contributed by atoms with Crippen molar-refractivity contribution in [3.05, 3.63) is 41.1 Å². The minimum Gasteiger partial charge on any atom is -0.478 e. The maximum absolute atomic E-state index is 11.4. The number of carboxylic acid groups (broad SMARTS) is 1. The predicted octanol–water partition coefficient (Wildman–Crippen LogP) is 2.05. The van der Waals surface area contributed by atoms with Crippen LogP contribution in [0.1, 0.15) is 10.4 Å². The summed E-state index contributed by atoms with van der Waals surface area (Å²) in [5.41, 5.74) is -0.0859. The van der Waals surface area contributed by atoms with Crippen LogP contribution in [0.5, 0.6) is 0 Å². The van der Waals surface area contributed by atoms with Crippen LogP contribution in [-0.2, 0) is 10.0 Å². The Labute approximate surface area is 125 Å². The van der Waals surface area contributed by atoms with Gasteiger partial charge in [0.05, 0.1) is 22.5 Å². The van der Waals surface area contributed by atoms with E-state index in [9.17, 15) is 18.3 Å². The number of nitrogens with two attached hydrogens (primary N) is 1. The third kappa shape index (κ3) is 3.02. The largest absolute Gasteiger partial charge is 0.478 e. The van der Waals surface area contributed by atoms with Gasteiger partial charge in [-0.15, -0.1) is 0 Å². The molecule has 9 heteroatoms. The molecule has 0 amide bonds. The summed E-state index contributed by atoms with van der Waals surface area (Å²) in [6, 6.07) is 5.39. The van der Waals surface area contributed by atoms with Gasteiger partial charge in [-0.25, -0.2) is 18.4 Å². The number of hydrogen-bond acceptors (Lipinski definition) is 5. The van der Waals surface area contributed by atoms with Gasteiger partial charge in [0, 0.05) is 13.1 Å². The zero-order chi connectivity index (χ0) is 15.8. The number of hydrogen-bond donors (Lipinski definition) is 2. The second-order valence-corrected chi connectivity index (χ2v) is 6.10. The minimum absolute atomic E-state index is 0.170. The molecule has 0 spiro atoms. The average Bonchev–Trinajstić information content (AvgIpc) is 2.89. The molecule has 3 N–H and O–H groups in total. The second-order valence-electron chi connectivity index (χ2n) is 4.16. The summed E-state index contributed by atoms with van der Waals surface area (Å²) in [6.07, 6.45) is 1.42. The molecule has 0 aliphatic carbocycles. The molecule has 0 radical (unpaired) electrons. The molecule has 1 aromatic carbocycles. The van der Waals surface area contributed by atoms with Gasteiger partial charge in [0.2, 0.25) is 10.0 Å². The van der Waals surface area contributed by atoms with Crippen molar-refractivity contribution < 1.29 is 22.7 Å². The van der Waals surface area contributed by atoms with Crippen molar-refractivity contribution in [1.82, 2.24) is 0 Å². The standard InChI is InChI=1S/C12H11ClN2O5S/c1-15(11-3-2-4-20-11)9-6-8(13)10(21(14,18)19)5-7(9)12(16)17/h2-6H,1H3,(H,16,17)(H2,14,18,19). The summed E-state index contributed by atoms with van der Waals surface area (Å²) in [5, 5.41) is 14.1. The van der Waals surface area contributed by atoms with Gasteiger partial charge in [0.25, 0.3) is 0 Å². The molecule has 0 aliphatic rings. The van der Waals surface area contributed by atoms with Crippen LogP contribution in [0, 0.1) is 0 Å². The van der Waals surface area contributed by atoms with E-state index in [1.165, 1.54) is 17.2 Å². The molecule has 1 aromatic heterocycles. The van der Waals surface area contributed by atoms with E-state index in [4.69, 9.17) is 21.2 Å². The Balaban J connectivity index is 2.67. The number of benzene rings is 1. The average molecular weight is 331 g/mol. The van der Waals surface area contributed by atoms with Gasteiger partial charge in [0.1, 0.15) is 4.90 Å². The first-order chi connectivity index (χ1) is 9.71. The van der Waals surface area contributed by atoms with Crippen molar-refractivity contribution >= 4 is 39.2 Å². The SMILES string of the molecule is CN(c1ccco1)c1cc(Cl)c(S(N)(=O)=O)cc1C(=O)O. The van der Waals surface area contributed by atoms with E-state index in [1.54, 1.807) is 19.2 Å². The van der Waals surface area contributed by atoms with Crippen LogP contribution in [0.15, 0.2) is 39.8 Å². The highest BCUT2D eigenvalue weighted by molar-refractivity contribution is 7.89. The highest BCUT2D eigenvalue weighted by Crippen LogP contribution is 2.33. The molecule has 1 heterocycles. The van der Waals surface area contributed by atoms with Crippen molar-refractivity contribution in [2.75, 3.05) is 11.9 Å². The highest BCUT2D eigenvalue weighted by Gasteiger charge is 2.23. The minimum atomic E-state index is -4.12. The monoisotopic (exact) mass is 330 g/mol. The number of sulfonamides is 1. The summed E-state index contributed by atoms with van der Waals surface area (Å²) in [4.78, 5) is 12.3. The fourth-order valence-corrected chi connectivity index (χ4v) is 2.88. The Kier molecular flexibility index (Phi) is 3.95. The Morgan fingerprint density at radius 2 is 2.10 bits per heavy atom. The fraction of sp³-hybridized carbons (Fsp3) is 0.0833. The van der Waals surface area contributed by atoms with Crippen molar-refractivity contribution in [3.8, 4) is 0 Å². The van der Waals surface area contributed by atoms with Crippen molar-refractivity contribution in [2.24, 2.45) is 5.14 Å². The number of primary sulfonamides is 1. The van der Waals surface area contributed by atoms with Crippen molar-refractivity contribution in [3.63, 3.8) is 0 Å². The molecule has 112 valence electrons. The molecule has 2 aromatic rings. The number of halogens is 1. The molecule has 0 aliphatic heterocycles. The van der Waals surface area contributed by atoms with Crippen LogP contribution in [-0.4, -0.2) is 26.5 Å². The van der Waals surface area contributed by atoms with Gasteiger partial charge in [-0.3, -0.25) is 0 Å². The van der Waals surface area contributed by atoms with Crippen LogP contribution in [0.4, 0.5) is 11.6 Å². The lowest BCUT2D eigenvalue weighted by atomic mass is 10.1. The molecule has 0 bridgehead atoms. The quantitative estimate of drug-likeness (QED) is 0.886. The number of anilines is 2. The number of aromatic carboxylic acids is 1. The third-order valence-electron chi connectivity index (χ3n) is 2.79. The third-order valence-corrected chi connectivity index (χ3v) is 4.16. The molecular formula is C12H11ClN2O5S. The molecule has 0 fully saturated rings. The smallest absolute Gasteiger partial charge is 0.337 e. The summed E-state index contributed by atoms with van der Waals surface area (Å²) >= 11 is 5.89. The zero-order valence-corrected chi connectivity index (χ0v) is 12.4. The number of carboxylic acids is 1. The second kappa shape index (κ2) is 5.40. The first-order valence-corrected chi connectivity index (χ1v) is 7.51. The lowest BCUT2D eigenvalue weighted by molar-refractivity contribution is 0.0697. The van der Waals surface area contributed by atoms with Gasteiger partial charge in [0.15, 0.2) is 5.88 Å². The van der Waals surface area contributed by atoms with Crippen LogP contribution in [0.3, 0.4) is 0 Å². The van der Waals surface area contributed by atoms with Gasteiger partial charge >= 0.3 is 5.97 Å². The number of rotatable bonds is 4. The zero-order valence-electron chi connectivity index (χ0n) is 10.8. The van der Waals surface area contributed by atoms with Gasteiger partial charge in [-0.05, 0) is 18.2 Å². The van der Waals surface area contributed by atoms with E-state index in [0.717, 1.165) is 6.07 Å². The van der Waals surface area contributed by atoms with Crippen molar-refractivity contribution in [1.29, 1.82) is 0 Å². The molecular weight excluding hydrogens is 320 g/mol. The molecule has 21 heavy (non-hydrogen) atoms. The Morgan fingerprint density at radius 3 is 2.57 bits per heavy atom. The van der Waals surface area contributed by atoms with Crippen molar-refractivity contribution in [2.45, 2.75) is 4.90 Å². The molecule has 2 rings (SSSR count). The van der Waals surface area contributed by atoms with Crippen LogP contribution < -0.4 is 10.0 Å². The van der Waals surface area contributed by atoms with Crippen LogP contribution >= 0.6 is 11.6 Å². The Bertz CT molecular complexity index is 786.